The molecule has 3 aromatic carbocycles. The second kappa shape index (κ2) is 14.0. The van der Waals surface area contributed by atoms with Crippen LogP contribution < -0.4 is 15.4 Å². The average Bonchev–Trinajstić information content (AvgIpc) is 3.36. The fourth-order valence-corrected chi connectivity index (χ4v) is 5.77. The molecule has 0 bridgehead atoms. The maximum Gasteiger partial charge on any atom is 0.321 e. The molecule has 1 aliphatic rings. The van der Waals surface area contributed by atoms with E-state index in [1.165, 1.54) is 29.2 Å². The lowest BCUT2D eigenvalue weighted by atomic mass is 10.0. The van der Waals surface area contributed by atoms with Gasteiger partial charge in [0.1, 0.15) is 17.7 Å². The van der Waals surface area contributed by atoms with E-state index < -0.39 is 24.0 Å². The first-order chi connectivity index (χ1) is 22.0. The number of hydrogen-bond acceptors (Lipinski definition) is 5. The Balaban J connectivity index is 1.36. The van der Waals surface area contributed by atoms with Gasteiger partial charge in [-0.25, -0.2) is 9.18 Å². The number of ether oxygens (including phenoxy) is 1. The average molecular weight is 630 g/mol. The number of urea groups is 1. The Labute approximate surface area is 267 Å². The summed E-state index contributed by atoms with van der Waals surface area (Å²) in [6.45, 7) is 4.01. The van der Waals surface area contributed by atoms with Crippen LogP contribution in [0.15, 0.2) is 72.9 Å². The lowest BCUT2D eigenvalue weighted by Crippen LogP contribution is -2.48. The van der Waals surface area contributed by atoms with Gasteiger partial charge in [0.15, 0.2) is 0 Å². The van der Waals surface area contributed by atoms with Gasteiger partial charge in [-0.15, -0.1) is 0 Å². The Morgan fingerprint density at radius 1 is 1.09 bits per heavy atom. The van der Waals surface area contributed by atoms with Crippen molar-refractivity contribution in [1.82, 2.24) is 14.4 Å². The smallest absolute Gasteiger partial charge is 0.321 e. The van der Waals surface area contributed by atoms with Crippen LogP contribution in [0.5, 0.6) is 5.75 Å². The third kappa shape index (κ3) is 7.48. The molecule has 0 spiro atoms. The zero-order valence-corrected chi connectivity index (χ0v) is 26.5. The number of likely N-dealkylation sites (N-methyl/N-ethyl adjacent to an activating group) is 1. The number of carbonyl (C=O) groups is 3. The number of amides is 4. The number of rotatable bonds is 8. The maximum atomic E-state index is 13.6. The molecule has 5 rings (SSSR count). The number of carbonyl (C=O) groups excluding carboxylic acids is 3. The van der Waals surface area contributed by atoms with E-state index >= 15 is 0 Å². The first-order valence-electron chi connectivity index (χ1n) is 15.3. The number of hydrogen-bond donors (Lipinski definition) is 3. The molecule has 1 aliphatic heterocycles. The largest absolute Gasteiger partial charge is 0.488 e. The van der Waals surface area contributed by atoms with Gasteiger partial charge < -0.3 is 34.8 Å². The van der Waals surface area contributed by atoms with E-state index in [0.29, 0.717) is 29.2 Å². The van der Waals surface area contributed by atoms with Crippen LogP contribution in [0.1, 0.15) is 25.0 Å². The summed E-state index contributed by atoms with van der Waals surface area (Å²) in [4.78, 5) is 42.8. The molecule has 0 saturated heterocycles. The summed E-state index contributed by atoms with van der Waals surface area (Å²) in [7, 11) is 3.58. The number of nitrogens with one attached hydrogen (secondary N) is 2. The first-order valence-corrected chi connectivity index (χ1v) is 15.3. The topological polar surface area (TPSA) is 116 Å². The molecule has 10 nitrogen and oxygen atoms in total. The van der Waals surface area contributed by atoms with Gasteiger partial charge in [0, 0.05) is 60.6 Å². The predicted octanol–water partition coefficient (Wildman–Crippen LogP) is 4.81. The molecular weight excluding hydrogens is 589 g/mol. The van der Waals surface area contributed by atoms with E-state index in [4.69, 9.17) is 4.74 Å². The van der Waals surface area contributed by atoms with E-state index in [-0.39, 0.29) is 43.7 Å². The number of para-hydroxylation sites is 1. The molecule has 4 amide bonds. The molecule has 11 heteroatoms. The monoisotopic (exact) mass is 629 g/mol. The number of aliphatic hydroxyl groups excluding tert-OH is 1. The molecule has 1 aromatic heterocycles. The summed E-state index contributed by atoms with van der Waals surface area (Å²) in [5.41, 5.74) is 3.52. The highest BCUT2D eigenvalue weighted by molar-refractivity contribution is 5.96. The first kappa shape index (κ1) is 32.5. The number of nitrogens with zero attached hydrogens (tertiary/aromatic N) is 3. The van der Waals surface area contributed by atoms with Crippen LogP contribution in [0, 0.1) is 11.7 Å². The lowest BCUT2D eigenvalue weighted by molar-refractivity contribution is -0.134. The summed E-state index contributed by atoms with van der Waals surface area (Å²) < 4.78 is 21.8. The Kier molecular flexibility index (Phi) is 9.91. The second-order valence-electron chi connectivity index (χ2n) is 12.0. The molecular formula is C35H40FN5O5. The highest BCUT2D eigenvalue weighted by atomic mass is 19.1. The number of fused-ring (bicyclic) bond motifs is 2. The van der Waals surface area contributed by atoms with Crippen LogP contribution in [-0.2, 0) is 29.5 Å². The van der Waals surface area contributed by atoms with Crippen LogP contribution in [0.2, 0.25) is 0 Å². The summed E-state index contributed by atoms with van der Waals surface area (Å²) >= 11 is 0. The number of aromatic nitrogens is 1. The van der Waals surface area contributed by atoms with Crippen molar-refractivity contribution < 1.29 is 28.6 Å². The van der Waals surface area contributed by atoms with Gasteiger partial charge >= 0.3 is 6.03 Å². The third-order valence-corrected chi connectivity index (χ3v) is 8.43. The van der Waals surface area contributed by atoms with Crippen LogP contribution in [-0.4, -0.2) is 76.2 Å². The van der Waals surface area contributed by atoms with Crippen molar-refractivity contribution >= 4 is 40.1 Å². The molecule has 0 unspecified atom stereocenters. The summed E-state index contributed by atoms with van der Waals surface area (Å²) in [5, 5.41) is 16.7. The number of aliphatic hydroxyl groups is 1. The van der Waals surface area contributed by atoms with Gasteiger partial charge in [0.25, 0.3) is 0 Å². The van der Waals surface area contributed by atoms with Crippen molar-refractivity contribution in [2.45, 2.75) is 38.8 Å². The standard InChI is InChI=1S/C35H40FN5O5/c1-22-18-41(23(2)21-42)34(44)17-24-15-28(37-33(43)16-25-19-39(3)30-8-6-5-7-29(25)30)13-14-31(24)46-32(22)20-40(4)35(45)38-27-11-9-26(36)10-12-27/h5-15,19,22-23,32,42H,16-18,20-21H2,1-4H3,(H,37,43)(H,38,45)/t22-,23+,32+/m1/s1. The Morgan fingerprint density at radius 2 is 1.80 bits per heavy atom. The highest BCUT2D eigenvalue weighted by Gasteiger charge is 2.32. The molecule has 4 aromatic rings. The number of halogens is 1. The van der Waals surface area contributed by atoms with Crippen LogP contribution in [0.4, 0.5) is 20.6 Å². The molecule has 3 atom stereocenters. The number of benzene rings is 3. The quantitative estimate of drug-likeness (QED) is 0.259. The Morgan fingerprint density at radius 3 is 2.54 bits per heavy atom. The lowest BCUT2D eigenvalue weighted by Gasteiger charge is -2.34. The molecule has 0 saturated carbocycles. The zero-order valence-electron chi connectivity index (χ0n) is 26.5. The maximum absolute atomic E-state index is 13.6. The minimum Gasteiger partial charge on any atom is -0.488 e. The van der Waals surface area contributed by atoms with Crippen molar-refractivity contribution in [2.24, 2.45) is 13.0 Å². The fraction of sp³-hybridized carbons (Fsp3) is 0.343. The Bertz CT molecular complexity index is 1720. The summed E-state index contributed by atoms with van der Waals surface area (Å²) in [6, 6.07) is 17.8. The van der Waals surface area contributed by atoms with Crippen molar-refractivity contribution in [3.8, 4) is 5.75 Å². The minimum absolute atomic E-state index is 0.00698. The van der Waals surface area contributed by atoms with Crippen molar-refractivity contribution in [2.75, 3.05) is 37.4 Å². The van der Waals surface area contributed by atoms with Gasteiger partial charge in [0.2, 0.25) is 11.8 Å². The molecule has 0 fully saturated rings. The molecule has 0 radical (unpaired) electrons. The van der Waals surface area contributed by atoms with Crippen molar-refractivity contribution in [3.63, 3.8) is 0 Å². The number of aryl methyl sites for hydroxylation is 1. The highest BCUT2D eigenvalue weighted by Crippen LogP contribution is 2.30. The zero-order chi connectivity index (χ0) is 33.0. The normalized spacial score (nSPS) is 17.3. The third-order valence-electron chi connectivity index (χ3n) is 8.43. The summed E-state index contributed by atoms with van der Waals surface area (Å²) in [5.74, 6) is -0.516. The fourth-order valence-electron chi connectivity index (χ4n) is 5.77. The van der Waals surface area contributed by atoms with E-state index in [1.54, 1.807) is 37.1 Å². The molecule has 2 heterocycles. The van der Waals surface area contributed by atoms with E-state index in [9.17, 15) is 23.9 Å². The Hall–Kier alpha value is -4.90. The van der Waals surface area contributed by atoms with Gasteiger partial charge in [-0.1, -0.05) is 25.1 Å². The van der Waals surface area contributed by atoms with Crippen molar-refractivity contribution in [3.05, 3.63) is 89.9 Å². The molecule has 3 N–H and O–H groups in total. The molecule has 0 aliphatic carbocycles. The van der Waals surface area contributed by atoms with Crippen LogP contribution in [0.25, 0.3) is 10.9 Å². The summed E-state index contributed by atoms with van der Waals surface area (Å²) in [6.07, 6.45) is 1.62. The van der Waals surface area contributed by atoms with E-state index in [2.05, 4.69) is 10.6 Å². The van der Waals surface area contributed by atoms with Gasteiger partial charge in [-0.3, -0.25) is 9.59 Å². The van der Waals surface area contributed by atoms with Gasteiger partial charge in [0.05, 0.1) is 32.0 Å². The second-order valence-corrected chi connectivity index (χ2v) is 12.0. The molecule has 242 valence electrons. The van der Waals surface area contributed by atoms with Crippen LogP contribution in [0.3, 0.4) is 0 Å². The van der Waals surface area contributed by atoms with Gasteiger partial charge in [-0.05, 0) is 61.0 Å². The molecule has 46 heavy (non-hydrogen) atoms. The van der Waals surface area contributed by atoms with Crippen LogP contribution >= 0.6 is 0 Å². The SMILES string of the molecule is C[C@@H]1CN([C@@H](C)CO)C(=O)Cc2cc(NC(=O)Cc3cn(C)c4ccccc34)ccc2O[C@H]1CN(C)C(=O)Nc1ccc(F)cc1. The minimum atomic E-state index is -0.520. The number of anilines is 2. The predicted molar refractivity (Wildman–Crippen MR) is 175 cm³/mol. The van der Waals surface area contributed by atoms with E-state index in [1.807, 2.05) is 49.0 Å². The van der Waals surface area contributed by atoms with Gasteiger partial charge in [-0.2, -0.15) is 0 Å². The van der Waals surface area contributed by atoms with Crippen molar-refractivity contribution in [1.29, 1.82) is 0 Å². The van der Waals surface area contributed by atoms with E-state index in [0.717, 1.165) is 16.5 Å².